The van der Waals surface area contributed by atoms with Gasteiger partial charge in [-0.25, -0.2) is 9.97 Å². The van der Waals surface area contributed by atoms with Gasteiger partial charge in [0.25, 0.3) is 0 Å². The van der Waals surface area contributed by atoms with Crippen LogP contribution in [0.2, 0.25) is 0 Å². The lowest BCUT2D eigenvalue weighted by molar-refractivity contribution is 1.19. The van der Waals surface area contributed by atoms with E-state index in [1.54, 1.807) is 0 Å². The molecule has 0 atom stereocenters. The minimum atomic E-state index is 0.708. The van der Waals surface area contributed by atoms with E-state index < -0.39 is 0 Å². The average Bonchev–Trinajstić information content (AvgIpc) is 3.08. The maximum Gasteiger partial charge on any atom is 0.160 e. The molecule has 0 aliphatic rings. The first-order valence-corrected chi connectivity index (χ1v) is 14.1. The van der Waals surface area contributed by atoms with Gasteiger partial charge in [-0.2, -0.15) is 0 Å². The normalized spacial score (nSPS) is 11.3. The van der Waals surface area contributed by atoms with Gasteiger partial charge in [0.2, 0.25) is 0 Å². The van der Waals surface area contributed by atoms with E-state index in [9.17, 15) is 0 Å². The highest BCUT2D eigenvalue weighted by molar-refractivity contribution is 6.19. The third kappa shape index (κ3) is 4.20. The summed E-state index contributed by atoms with van der Waals surface area (Å²) in [6, 6.07) is 49.0. The van der Waals surface area contributed by atoms with Crippen molar-refractivity contribution < 1.29 is 0 Å². The van der Waals surface area contributed by atoms with E-state index in [2.05, 4.69) is 114 Å². The summed E-state index contributed by atoms with van der Waals surface area (Å²) in [5.74, 6) is 0.708. The molecule has 0 unspecified atom stereocenters. The first-order chi connectivity index (χ1) is 20.8. The number of fused-ring (bicyclic) bond motifs is 4. The van der Waals surface area contributed by atoms with E-state index >= 15 is 0 Å². The summed E-state index contributed by atoms with van der Waals surface area (Å²) in [6.45, 7) is 0. The van der Waals surface area contributed by atoms with Crippen molar-refractivity contribution in [2.75, 3.05) is 0 Å². The molecule has 2 heterocycles. The van der Waals surface area contributed by atoms with Gasteiger partial charge in [-0.1, -0.05) is 109 Å². The van der Waals surface area contributed by atoms with Crippen molar-refractivity contribution in [3.8, 4) is 45.0 Å². The Morgan fingerprint density at radius 2 is 1.05 bits per heavy atom. The van der Waals surface area contributed by atoms with E-state index in [1.165, 1.54) is 32.3 Å². The molecule has 6 aromatic carbocycles. The molecule has 8 aromatic rings. The van der Waals surface area contributed by atoms with Crippen molar-refractivity contribution in [1.82, 2.24) is 15.0 Å². The first kappa shape index (κ1) is 24.2. The van der Waals surface area contributed by atoms with Crippen LogP contribution in [0.4, 0.5) is 0 Å². The molecule has 2 aromatic heterocycles. The zero-order valence-electron chi connectivity index (χ0n) is 22.8. The molecule has 0 spiro atoms. The van der Waals surface area contributed by atoms with Gasteiger partial charge in [0.15, 0.2) is 5.82 Å². The lowest BCUT2D eigenvalue weighted by atomic mass is 9.91. The predicted octanol–water partition coefficient (Wildman–Crippen LogP) is 10.00. The van der Waals surface area contributed by atoms with Crippen LogP contribution in [0.3, 0.4) is 0 Å². The predicted molar refractivity (Wildman–Crippen MR) is 174 cm³/mol. The molecule has 0 saturated heterocycles. The molecule has 0 radical (unpaired) electrons. The monoisotopic (exact) mass is 535 g/mol. The van der Waals surface area contributed by atoms with Crippen LogP contribution < -0.4 is 0 Å². The number of hydrogen-bond acceptors (Lipinski definition) is 3. The highest BCUT2D eigenvalue weighted by Gasteiger charge is 2.17. The van der Waals surface area contributed by atoms with Gasteiger partial charge in [-0.15, -0.1) is 0 Å². The van der Waals surface area contributed by atoms with Crippen LogP contribution in [0.25, 0.3) is 77.3 Å². The Bertz CT molecular complexity index is 2240. The summed E-state index contributed by atoms with van der Waals surface area (Å²) in [5, 5.41) is 7.24. The molecule has 0 aliphatic carbocycles. The number of benzene rings is 6. The minimum Gasteiger partial charge on any atom is -0.265 e. The third-order valence-corrected chi connectivity index (χ3v) is 7.96. The standard InChI is InChI=1S/C39H25N3/c1-2-10-28(11-3-1)39-41-36(31-14-8-13-29(23-31)26-19-21-40-22-20-26)25-37(42-39)38-33-16-7-5-12-30(33)24-35-32-15-6-4-9-27(32)17-18-34(35)38/h1-25H. The van der Waals surface area contributed by atoms with Crippen LogP contribution in [0, 0.1) is 0 Å². The summed E-state index contributed by atoms with van der Waals surface area (Å²) in [5.41, 5.74) is 7.19. The van der Waals surface area contributed by atoms with Gasteiger partial charge in [-0.3, -0.25) is 4.98 Å². The first-order valence-electron chi connectivity index (χ1n) is 14.1. The van der Waals surface area contributed by atoms with Crippen molar-refractivity contribution in [2.45, 2.75) is 0 Å². The molecular weight excluding hydrogens is 510 g/mol. The molecule has 0 aliphatic heterocycles. The molecule has 0 bridgehead atoms. The van der Waals surface area contributed by atoms with Crippen molar-refractivity contribution in [3.63, 3.8) is 0 Å². The Kier molecular flexibility index (Phi) is 5.79. The highest BCUT2D eigenvalue weighted by Crippen LogP contribution is 2.40. The summed E-state index contributed by atoms with van der Waals surface area (Å²) in [4.78, 5) is 14.6. The number of pyridine rings is 1. The van der Waals surface area contributed by atoms with Gasteiger partial charge in [0.1, 0.15) is 0 Å². The maximum atomic E-state index is 5.24. The smallest absolute Gasteiger partial charge is 0.160 e. The molecule has 3 heteroatoms. The maximum absolute atomic E-state index is 5.24. The number of nitrogens with zero attached hydrogens (tertiary/aromatic N) is 3. The molecule has 3 nitrogen and oxygen atoms in total. The summed E-state index contributed by atoms with van der Waals surface area (Å²) in [7, 11) is 0. The van der Waals surface area contributed by atoms with Crippen molar-refractivity contribution in [3.05, 3.63) is 152 Å². The van der Waals surface area contributed by atoms with Crippen LogP contribution in [0.1, 0.15) is 0 Å². The van der Waals surface area contributed by atoms with E-state index in [-0.39, 0.29) is 0 Å². The fourth-order valence-corrected chi connectivity index (χ4v) is 5.94. The summed E-state index contributed by atoms with van der Waals surface area (Å²) in [6.07, 6.45) is 3.65. The second-order valence-corrected chi connectivity index (χ2v) is 10.5. The summed E-state index contributed by atoms with van der Waals surface area (Å²) < 4.78 is 0. The Balaban J connectivity index is 1.43. The molecule has 0 N–H and O–H groups in total. The molecular formula is C39H25N3. The highest BCUT2D eigenvalue weighted by atomic mass is 14.9. The Labute approximate surface area is 243 Å². The van der Waals surface area contributed by atoms with Gasteiger partial charge < -0.3 is 0 Å². The molecule has 8 rings (SSSR count). The molecule has 0 amide bonds. The largest absolute Gasteiger partial charge is 0.265 e. The summed E-state index contributed by atoms with van der Waals surface area (Å²) >= 11 is 0. The van der Waals surface area contributed by atoms with E-state index in [4.69, 9.17) is 9.97 Å². The van der Waals surface area contributed by atoms with E-state index in [1.807, 2.05) is 42.7 Å². The number of rotatable bonds is 4. The van der Waals surface area contributed by atoms with Crippen LogP contribution >= 0.6 is 0 Å². The van der Waals surface area contributed by atoms with Gasteiger partial charge in [0.05, 0.1) is 11.4 Å². The van der Waals surface area contributed by atoms with Crippen LogP contribution in [0.5, 0.6) is 0 Å². The number of hydrogen-bond donors (Lipinski definition) is 0. The molecule has 196 valence electrons. The minimum absolute atomic E-state index is 0.708. The fraction of sp³-hybridized carbons (Fsp3) is 0. The molecule has 42 heavy (non-hydrogen) atoms. The van der Waals surface area contributed by atoms with Gasteiger partial charge >= 0.3 is 0 Å². The lowest BCUT2D eigenvalue weighted by Crippen LogP contribution is -1.97. The zero-order chi connectivity index (χ0) is 27.9. The zero-order valence-corrected chi connectivity index (χ0v) is 22.8. The second-order valence-electron chi connectivity index (χ2n) is 10.5. The van der Waals surface area contributed by atoms with Crippen LogP contribution in [0.15, 0.2) is 152 Å². The van der Waals surface area contributed by atoms with Crippen molar-refractivity contribution in [1.29, 1.82) is 0 Å². The van der Waals surface area contributed by atoms with Crippen LogP contribution in [-0.2, 0) is 0 Å². The Hall–Kier alpha value is -5.67. The van der Waals surface area contributed by atoms with Crippen molar-refractivity contribution >= 4 is 32.3 Å². The topological polar surface area (TPSA) is 38.7 Å². The van der Waals surface area contributed by atoms with E-state index in [0.717, 1.165) is 39.2 Å². The SMILES string of the molecule is c1ccc(-c2nc(-c3cccc(-c4ccncc4)c3)cc(-c3c4ccccc4cc4c3ccc3ccccc34)n2)cc1. The lowest BCUT2D eigenvalue weighted by Gasteiger charge is -2.15. The number of aromatic nitrogens is 3. The van der Waals surface area contributed by atoms with E-state index in [0.29, 0.717) is 5.82 Å². The second kappa shape index (κ2) is 10.1. The Morgan fingerprint density at radius 1 is 0.357 bits per heavy atom. The Morgan fingerprint density at radius 3 is 1.90 bits per heavy atom. The molecule has 0 fully saturated rings. The van der Waals surface area contributed by atoms with Gasteiger partial charge in [-0.05, 0) is 73.8 Å². The fourth-order valence-electron chi connectivity index (χ4n) is 5.94. The molecule has 0 saturated carbocycles. The van der Waals surface area contributed by atoms with Crippen molar-refractivity contribution in [2.24, 2.45) is 0 Å². The quantitative estimate of drug-likeness (QED) is 0.166. The van der Waals surface area contributed by atoms with Gasteiger partial charge in [0, 0.05) is 29.1 Å². The van der Waals surface area contributed by atoms with Crippen LogP contribution in [-0.4, -0.2) is 15.0 Å². The third-order valence-electron chi connectivity index (χ3n) is 7.96. The average molecular weight is 536 g/mol.